The number of nitrogens with zero attached hydrogens (tertiary/aromatic N) is 5. The summed E-state index contributed by atoms with van der Waals surface area (Å²) >= 11 is 1.50. The van der Waals surface area contributed by atoms with E-state index in [1.54, 1.807) is 12.4 Å². The minimum atomic E-state index is -0.0225. The van der Waals surface area contributed by atoms with Gasteiger partial charge in [0, 0.05) is 42.5 Å². The van der Waals surface area contributed by atoms with Crippen LogP contribution in [0.25, 0.3) is 32.0 Å². The van der Waals surface area contributed by atoms with Crippen molar-refractivity contribution >= 4 is 28.1 Å². The van der Waals surface area contributed by atoms with Crippen LogP contribution >= 0.6 is 11.3 Å². The molecule has 1 amide bonds. The summed E-state index contributed by atoms with van der Waals surface area (Å²) in [6.45, 7) is 3.50. The van der Waals surface area contributed by atoms with Crippen molar-refractivity contribution in [2.75, 3.05) is 27.2 Å². The Morgan fingerprint density at radius 3 is 2.87 bits per heavy atom. The van der Waals surface area contributed by atoms with Crippen molar-refractivity contribution in [3.8, 4) is 21.1 Å². The van der Waals surface area contributed by atoms with E-state index in [9.17, 15) is 4.79 Å². The molecular formula is C23H24N6OS. The Balaban J connectivity index is 1.60. The number of hydrogen-bond acceptors (Lipinski definition) is 6. The van der Waals surface area contributed by atoms with Gasteiger partial charge in [-0.15, -0.1) is 11.3 Å². The van der Waals surface area contributed by atoms with Crippen LogP contribution in [0.3, 0.4) is 0 Å². The van der Waals surface area contributed by atoms with E-state index in [-0.39, 0.29) is 5.91 Å². The van der Waals surface area contributed by atoms with Crippen LogP contribution in [0.15, 0.2) is 42.7 Å². The number of aromatic amines is 1. The Morgan fingerprint density at radius 2 is 2.13 bits per heavy atom. The lowest BCUT2D eigenvalue weighted by Gasteiger charge is -2.20. The zero-order valence-corrected chi connectivity index (χ0v) is 18.6. The van der Waals surface area contributed by atoms with E-state index in [2.05, 4.69) is 34.2 Å². The van der Waals surface area contributed by atoms with Crippen molar-refractivity contribution in [1.29, 1.82) is 0 Å². The van der Waals surface area contributed by atoms with Crippen LogP contribution in [0.5, 0.6) is 0 Å². The fourth-order valence-electron chi connectivity index (χ4n) is 4.11. The number of para-hydroxylation sites is 1. The topological polar surface area (TPSA) is 78.0 Å². The summed E-state index contributed by atoms with van der Waals surface area (Å²) in [4.78, 5) is 27.5. The third-order valence-electron chi connectivity index (χ3n) is 5.93. The molecule has 0 spiro atoms. The fraction of sp³-hybridized carbons (Fsp3) is 0.304. The number of benzene rings is 1. The van der Waals surface area contributed by atoms with Crippen molar-refractivity contribution in [2.45, 2.75) is 19.4 Å². The number of pyridine rings is 1. The van der Waals surface area contributed by atoms with Gasteiger partial charge in [0.25, 0.3) is 5.91 Å². The summed E-state index contributed by atoms with van der Waals surface area (Å²) in [7, 11) is 4.12. The lowest BCUT2D eigenvalue weighted by molar-refractivity contribution is 0.0779. The van der Waals surface area contributed by atoms with Crippen LogP contribution in [-0.4, -0.2) is 69.1 Å². The van der Waals surface area contributed by atoms with E-state index in [1.807, 2.05) is 42.2 Å². The summed E-state index contributed by atoms with van der Waals surface area (Å²) in [6.07, 6.45) is 4.50. The number of aryl methyl sites for hydroxylation is 1. The van der Waals surface area contributed by atoms with Gasteiger partial charge in [-0.25, -0.2) is 4.98 Å². The molecule has 4 aromatic rings. The molecule has 1 aliphatic heterocycles. The molecule has 31 heavy (non-hydrogen) atoms. The zero-order chi connectivity index (χ0) is 21.5. The first kappa shape index (κ1) is 19.8. The van der Waals surface area contributed by atoms with E-state index in [0.717, 1.165) is 57.1 Å². The van der Waals surface area contributed by atoms with Gasteiger partial charge in [0.1, 0.15) is 16.4 Å². The van der Waals surface area contributed by atoms with Crippen LogP contribution in [0.1, 0.15) is 22.5 Å². The molecule has 1 atom stereocenters. The number of amides is 1. The molecule has 1 fully saturated rings. The first-order valence-corrected chi connectivity index (χ1v) is 11.2. The Morgan fingerprint density at radius 1 is 1.26 bits per heavy atom. The number of rotatable bonds is 4. The van der Waals surface area contributed by atoms with Gasteiger partial charge in [-0.2, -0.15) is 5.10 Å². The van der Waals surface area contributed by atoms with Crippen molar-refractivity contribution in [3.05, 3.63) is 54.0 Å². The maximum atomic E-state index is 13.5. The number of H-pyrrole nitrogens is 1. The lowest BCUT2D eigenvalue weighted by Crippen LogP contribution is -2.34. The first-order valence-electron chi connectivity index (χ1n) is 10.3. The summed E-state index contributed by atoms with van der Waals surface area (Å²) < 4.78 is 0. The molecule has 3 aromatic heterocycles. The molecule has 0 bridgehead atoms. The second-order valence-electron chi connectivity index (χ2n) is 8.17. The zero-order valence-electron chi connectivity index (χ0n) is 17.8. The smallest absolute Gasteiger partial charge is 0.274 e. The molecule has 1 saturated heterocycles. The SMILES string of the molecule is Cc1cccc2c(-c3nc(C(=O)N4CCC(N(C)C)C4)c(-c4cccnc4)s3)[nH]nc12. The lowest BCUT2D eigenvalue weighted by atomic mass is 10.1. The number of aromatic nitrogens is 4. The maximum Gasteiger partial charge on any atom is 0.274 e. The van der Waals surface area contributed by atoms with Crippen LogP contribution in [0.2, 0.25) is 0 Å². The van der Waals surface area contributed by atoms with Gasteiger partial charge in [-0.05, 0) is 39.1 Å². The molecule has 4 heterocycles. The molecule has 0 saturated carbocycles. The van der Waals surface area contributed by atoms with E-state index < -0.39 is 0 Å². The number of hydrogen-bond donors (Lipinski definition) is 1. The number of likely N-dealkylation sites (N-methyl/N-ethyl adjacent to an activating group) is 1. The van der Waals surface area contributed by atoms with Gasteiger partial charge < -0.3 is 9.80 Å². The highest BCUT2D eigenvalue weighted by Gasteiger charge is 2.32. The number of likely N-dealkylation sites (tertiary alicyclic amines) is 1. The van der Waals surface area contributed by atoms with Gasteiger partial charge in [0.2, 0.25) is 0 Å². The first-order chi connectivity index (χ1) is 15.0. The van der Waals surface area contributed by atoms with Crippen molar-refractivity contribution in [1.82, 2.24) is 30.0 Å². The molecule has 8 heteroatoms. The van der Waals surface area contributed by atoms with E-state index in [4.69, 9.17) is 4.98 Å². The van der Waals surface area contributed by atoms with E-state index in [0.29, 0.717) is 11.7 Å². The van der Waals surface area contributed by atoms with Crippen LogP contribution in [0, 0.1) is 6.92 Å². The van der Waals surface area contributed by atoms with Crippen LogP contribution < -0.4 is 0 Å². The Hall–Kier alpha value is -3.10. The largest absolute Gasteiger partial charge is 0.336 e. The van der Waals surface area contributed by atoms with E-state index >= 15 is 0 Å². The predicted octanol–water partition coefficient (Wildman–Crippen LogP) is 3.83. The predicted molar refractivity (Wildman–Crippen MR) is 123 cm³/mol. The molecule has 1 N–H and O–H groups in total. The second kappa shape index (κ2) is 7.86. The molecule has 1 aromatic carbocycles. The Bertz CT molecular complexity index is 1250. The molecule has 158 valence electrons. The average molecular weight is 433 g/mol. The molecule has 1 unspecified atom stereocenters. The standard InChI is InChI=1S/C23H24N6OS/c1-14-6-4-8-17-18(14)26-27-19(17)22-25-20(21(31-22)15-7-5-10-24-12-15)23(30)29-11-9-16(13-29)28(2)3/h4-8,10,12,16H,9,11,13H2,1-3H3,(H,26,27). The fourth-order valence-corrected chi connectivity index (χ4v) is 5.16. The van der Waals surface area contributed by atoms with Crippen molar-refractivity contribution in [3.63, 3.8) is 0 Å². The highest BCUT2D eigenvalue weighted by Crippen LogP contribution is 2.38. The second-order valence-corrected chi connectivity index (χ2v) is 9.16. The van der Waals surface area contributed by atoms with Crippen molar-refractivity contribution in [2.24, 2.45) is 0 Å². The summed E-state index contributed by atoms with van der Waals surface area (Å²) in [5.74, 6) is -0.0225. The number of nitrogens with one attached hydrogen (secondary N) is 1. The Kier molecular flexibility index (Phi) is 5.03. The van der Waals surface area contributed by atoms with Crippen LogP contribution in [0.4, 0.5) is 0 Å². The molecular weight excluding hydrogens is 408 g/mol. The van der Waals surface area contributed by atoms with Gasteiger partial charge in [0.15, 0.2) is 0 Å². The summed E-state index contributed by atoms with van der Waals surface area (Å²) in [5, 5.41) is 9.41. The maximum absolute atomic E-state index is 13.5. The molecule has 1 aliphatic rings. The minimum Gasteiger partial charge on any atom is -0.336 e. The number of thiazole rings is 1. The van der Waals surface area contributed by atoms with Gasteiger partial charge in [-0.3, -0.25) is 14.9 Å². The van der Waals surface area contributed by atoms with Gasteiger partial charge >= 0.3 is 0 Å². The third-order valence-corrected chi connectivity index (χ3v) is 7.06. The molecule has 0 radical (unpaired) electrons. The van der Waals surface area contributed by atoms with Gasteiger partial charge in [0.05, 0.1) is 10.4 Å². The van der Waals surface area contributed by atoms with E-state index in [1.165, 1.54) is 11.3 Å². The molecule has 5 rings (SSSR count). The van der Waals surface area contributed by atoms with Gasteiger partial charge in [-0.1, -0.05) is 24.3 Å². The van der Waals surface area contributed by atoms with Crippen molar-refractivity contribution < 1.29 is 4.79 Å². The summed E-state index contributed by atoms with van der Waals surface area (Å²) in [5.41, 5.74) is 4.27. The monoisotopic (exact) mass is 432 g/mol. The summed E-state index contributed by atoms with van der Waals surface area (Å²) in [6, 6.07) is 10.3. The third kappa shape index (κ3) is 3.51. The molecule has 7 nitrogen and oxygen atoms in total. The Labute approximate surface area is 184 Å². The normalized spacial score (nSPS) is 16.5. The average Bonchev–Trinajstić information content (AvgIpc) is 3.51. The number of carbonyl (C=O) groups excluding carboxylic acids is 1. The highest BCUT2D eigenvalue weighted by molar-refractivity contribution is 7.18. The highest BCUT2D eigenvalue weighted by atomic mass is 32.1. The van der Waals surface area contributed by atoms with Crippen LogP contribution in [-0.2, 0) is 0 Å². The number of fused-ring (bicyclic) bond motifs is 1. The molecule has 0 aliphatic carbocycles. The quantitative estimate of drug-likeness (QED) is 0.530. The number of carbonyl (C=O) groups is 1. The minimum absolute atomic E-state index is 0.0225.